The highest BCUT2D eigenvalue weighted by atomic mass is 19.1. The van der Waals surface area contributed by atoms with Gasteiger partial charge >= 0.3 is 0 Å². The number of benzene rings is 2. The van der Waals surface area contributed by atoms with Crippen molar-refractivity contribution >= 4 is 11.4 Å². The highest BCUT2D eigenvalue weighted by Crippen LogP contribution is 2.52. The third-order valence-electron chi connectivity index (χ3n) is 5.29. The Balaban J connectivity index is 1.77. The lowest BCUT2D eigenvalue weighted by molar-refractivity contribution is 0.109. The molecule has 0 aliphatic carbocycles. The summed E-state index contributed by atoms with van der Waals surface area (Å²) in [4.78, 5) is 4.69. The molecule has 3 N–H and O–H groups in total. The van der Waals surface area contributed by atoms with Crippen molar-refractivity contribution in [3.8, 4) is 17.2 Å². The third-order valence-corrected chi connectivity index (χ3v) is 5.29. The molecule has 0 fully saturated rings. The van der Waals surface area contributed by atoms with Gasteiger partial charge in [-0.3, -0.25) is 4.99 Å². The van der Waals surface area contributed by atoms with Crippen LogP contribution in [0.15, 0.2) is 41.4 Å². The van der Waals surface area contributed by atoms with E-state index in [0.717, 1.165) is 12.0 Å². The number of fused-ring (bicyclic) bond motifs is 4. The first-order valence-corrected chi connectivity index (χ1v) is 9.11. The zero-order valence-corrected chi connectivity index (χ0v) is 15.1. The molecule has 6 nitrogen and oxygen atoms in total. The molecule has 3 aliphatic rings. The Hall–Kier alpha value is -2.90. The van der Waals surface area contributed by atoms with Gasteiger partial charge in [-0.2, -0.15) is 0 Å². The molecule has 1 unspecified atom stereocenters. The molecule has 0 bridgehead atoms. The van der Waals surface area contributed by atoms with Gasteiger partial charge < -0.3 is 25.1 Å². The van der Waals surface area contributed by atoms with Gasteiger partial charge in [-0.05, 0) is 47.9 Å². The Morgan fingerprint density at radius 1 is 1.11 bits per heavy atom. The molecular formula is C21H19FN2O4. The second-order valence-corrected chi connectivity index (χ2v) is 7.14. The van der Waals surface area contributed by atoms with Crippen molar-refractivity contribution in [2.45, 2.75) is 12.0 Å². The fraction of sp³-hybridized carbons (Fsp3) is 0.286. The summed E-state index contributed by atoms with van der Waals surface area (Å²) in [6.07, 6.45) is 2.83. The van der Waals surface area contributed by atoms with E-state index in [4.69, 9.17) is 19.9 Å². The first-order chi connectivity index (χ1) is 13.6. The van der Waals surface area contributed by atoms with Crippen LogP contribution in [-0.4, -0.2) is 37.4 Å². The van der Waals surface area contributed by atoms with Crippen LogP contribution in [0.1, 0.15) is 23.1 Å². The fourth-order valence-corrected chi connectivity index (χ4v) is 4.02. The van der Waals surface area contributed by atoms with Crippen LogP contribution in [0.3, 0.4) is 0 Å². The van der Waals surface area contributed by atoms with E-state index in [-0.39, 0.29) is 24.7 Å². The van der Waals surface area contributed by atoms with Gasteiger partial charge in [0.15, 0.2) is 11.6 Å². The summed E-state index contributed by atoms with van der Waals surface area (Å²) < 4.78 is 32.2. The molecule has 144 valence electrons. The molecule has 28 heavy (non-hydrogen) atoms. The highest BCUT2D eigenvalue weighted by molar-refractivity contribution is 5.84. The van der Waals surface area contributed by atoms with Crippen LogP contribution in [0, 0.1) is 5.82 Å². The summed E-state index contributed by atoms with van der Waals surface area (Å²) in [7, 11) is 0. The number of rotatable bonds is 1. The zero-order valence-electron chi connectivity index (χ0n) is 15.1. The Morgan fingerprint density at radius 2 is 2.00 bits per heavy atom. The van der Waals surface area contributed by atoms with Gasteiger partial charge in [0.1, 0.15) is 29.5 Å². The van der Waals surface area contributed by atoms with E-state index in [0.29, 0.717) is 41.5 Å². The number of nitrogens with two attached hydrogens (primary N) is 1. The van der Waals surface area contributed by atoms with E-state index < -0.39 is 11.4 Å². The molecule has 2 aromatic carbocycles. The number of phenolic OH excluding ortho intramolecular Hbond substituents is 1. The Labute approximate surface area is 161 Å². The van der Waals surface area contributed by atoms with Gasteiger partial charge in [0.25, 0.3) is 0 Å². The fourth-order valence-electron chi connectivity index (χ4n) is 4.02. The summed E-state index contributed by atoms with van der Waals surface area (Å²) >= 11 is 0. The lowest BCUT2D eigenvalue weighted by Crippen LogP contribution is -2.42. The van der Waals surface area contributed by atoms with Crippen LogP contribution in [0.4, 0.5) is 4.39 Å². The second-order valence-electron chi connectivity index (χ2n) is 7.14. The van der Waals surface area contributed by atoms with Crippen LogP contribution in [0.5, 0.6) is 17.2 Å². The van der Waals surface area contributed by atoms with Crippen molar-refractivity contribution in [2.24, 2.45) is 10.7 Å². The van der Waals surface area contributed by atoms with E-state index in [1.54, 1.807) is 12.1 Å². The zero-order chi connectivity index (χ0) is 19.3. The lowest BCUT2D eigenvalue weighted by atomic mass is 9.79. The molecule has 0 saturated heterocycles. The van der Waals surface area contributed by atoms with Crippen molar-refractivity contribution in [3.63, 3.8) is 0 Å². The van der Waals surface area contributed by atoms with Crippen molar-refractivity contribution in [1.29, 1.82) is 0 Å². The normalized spacial score (nSPS) is 23.3. The number of aliphatic imine (C=N–C) groups is 1. The number of aromatic hydroxyl groups is 1. The van der Waals surface area contributed by atoms with Crippen LogP contribution in [0.2, 0.25) is 0 Å². The predicted molar refractivity (Wildman–Crippen MR) is 101 cm³/mol. The molecule has 5 rings (SSSR count). The molecule has 0 amide bonds. The van der Waals surface area contributed by atoms with Gasteiger partial charge in [-0.1, -0.05) is 6.08 Å². The quantitative estimate of drug-likeness (QED) is 0.792. The SMILES string of the molecule is NC1=NC2(COC1)c1cc(O)ccc1Oc1c(F)cc(C3=CCCOC3)cc12. The summed E-state index contributed by atoms with van der Waals surface area (Å²) in [5.74, 6) is 0.390. The average Bonchev–Trinajstić information content (AvgIpc) is 2.70. The molecule has 1 spiro atoms. The monoisotopic (exact) mass is 382 g/mol. The maximum Gasteiger partial charge on any atom is 0.169 e. The van der Waals surface area contributed by atoms with Gasteiger partial charge in [-0.25, -0.2) is 4.39 Å². The minimum absolute atomic E-state index is 0.0598. The van der Waals surface area contributed by atoms with Gasteiger partial charge in [0, 0.05) is 11.1 Å². The van der Waals surface area contributed by atoms with Gasteiger partial charge in [0.05, 0.1) is 19.8 Å². The van der Waals surface area contributed by atoms with Crippen molar-refractivity contribution in [2.75, 3.05) is 26.4 Å². The topological polar surface area (TPSA) is 86.3 Å². The van der Waals surface area contributed by atoms with Gasteiger partial charge in [0.2, 0.25) is 0 Å². The number of phenols is 1. The molecule has 3 heterocycles. The lowest BCUT2D eigenvalue weighted by Gasteiger charge is -2.39. The van der Waals surface area contributed by atoms with Gasteiger partial charge in [-0.15, -0.1) is 0 Å². The molecule has 3 aliphatic heterocycles. The van der Waals surface area contributed by atoms with E-state index in [1.165, 1.54) is 12.1 Å². The summed E-state index contributed by atoms with van der Waals surface area (Å²) in [5.41, 5.74) is 7.66. The predicted octanol–water partition coefficient (Wildman–Crippen LogP) is 3.07. The smallest absolute Gasteiger partial charge is 0.169 e. The van der Waals surface area contributed by atoms with Crippen LogP contribution >= 0.6 is 0 Å². The largest absolute Gasteiger partial charge is 0.508 e. The minimum Gasteiger partial charge on any atom is -0.508 e. The van der Waals surface area contributed by atoms with E-state index in [2.05, 4.69) is 11.1 Å². The highest BCUT2D eigenvalue weighted by Gasteiger charge is 2.46. The minimum atomic E-state index is -1.09. The molecular weight excluding hydrogens is 363 g/mol. The van der Waals surface area contributed by atoms with E-state index in [9.17, 15) is 5.11 Å². The number of amidine groups is 1. The number of nitrogens with zero attached hydrogens (tertiary/aromatic N) is 1. The van der Waals surface area contributed by atoms with Crippen molar-refractivity contribution in [3.05, 3.63) is 58.9 Å². The van der Waals surface area contributed by atoms with Crippen LogP contribution in [0.25, 0.3) is 5.57 Å². The Bertz CT molecular complexity index is 1030. The summed E-state index contributed by atoms with van der Waals surface area (Å²) in [5, 5.41) is 10.1. The van der Waals surface area contributed by atoms with E-state index >= 15 is 4.39 Å². The molecule has 7 heteroatoms. The van der Waals surface area contributed by atoms with Crippen LogP contribution in [-0.2, 0) is 15.0 Å². The van der Waals surface area contributed by atoms with Crippen molar-refractivity contribution < 1.29 is 23.7 Å². The Morgan fingerprint density at radius 3 is 2.79 bits per heavy atom. The molecule has 1 atom stereocenters. The van der Waals surface area contributed by atoms with Crippen LogP contribution < -0.4 is 10.5 Å². The van der Waals surface area contributed by atoms with Crippen molar-refractivity contribution in [1.82, 2.24) is 0 Å². The first-order valence-electron chi connectivity index (χ1n) is 9.11. The van der Waals surface area contributed by atoms with E-state index in [1.807, 2.05) is 6.07 Å². The molecule has 0 radical (unpaired) electrons. The number of ether oxygens (including phenoxy) is 3. The Kier molecular flexibility index (Phi) is 3.89. The molecule has 0 saturated carbocycles. The standard InChI is InChI=1S/C21H19FN2O4/c22-17-7-13(12-2-1-5-26-9-12)6-16-20(17)28-18-4-3-14(25)8-15(18)21(16)11-27-10-19(23)24-21/h2-4,6-8,25H,1,5,9-11H2,(H2,23,24). The third kappa shape index (κ3) is 2.58. The molecule has 0 aromatic heterocycles. The molecule has 2 aromatic rings. The summed E-state index contributed by atoms with van der Waals surface area (Å²) in [6, 6.07) is 7.97. The average molecular weight is 382 g/mol. The second kappa shape index (κ2) is 6.32. The number of hydrogen-bond acceptors (Lipinski definition) is 6. The maximum atomic E-state index is 15.1. The number of hydrogen-bond donors (Lipinski definition) is 2. The maximum absolute atomic E-state index is 15.1. The number of halogens is 1. The first kappa shape index (κ1) is 17.2. The summed E-state index contributed by atoms with van der Waals surface area (Å²) in [6.45, 7) is 1.45.